The number of carbonyl (C=O) groups excluding carboxylic acids is 1. The van der Waals surface area contributed by atoms with Gasteiger partial charge in [0.1, 0.15) is 11.6 Å². The zero-order valence-corrected chi connectivity index (χ0v) is 13.6. The second-order valence-corrected chi connectivity index (χ2v) is 6.14. The first-order chi connectivity index (χ1) is 11.5. The molecule has 1 amide bonds. The van der Waals surface area contributed by atoms with E-state index in [4.69, 9.17) is 11.6 Å². The van der Waals surface area contributed by atoms with Gasteiger partial charge >= 0.3 is 0 Å². The summed E-state index contributed by atoms with van der Waals surface area (Å²) < 4.78 is 13.5. The van der Waals surface area contributed by atoms with Gasteiger partial charge in [0.05, 0.1) is 16.3 Å². The molecule has 1 saturated heterocycles. The van der Waals surface area contributed by atoms with Crippen LogP contribution in [0.25, 0.3) is 0 Å². The fourth-order valence-electron chi connectivity index (χ4n) is 2.81. The van der Waals surface area contributed by atoms with Gasteiger partial charge in [0.15, 0.2) is 0 Å². The number of pyridine rings is 1. The fourth-order valence-corrected chi connectivity index (χ4v) is 3.02. The Kier molecular flexibility index (Phi) is 4.85. The molecule has 0 bridgehead atoms. The highest BCUT2D eigenvalue weighted by Gasteiger charge is 2.26. The van der Waals surface area contributed by atoms with Crippen LogP contribution in [0.3, 0.4) is 0 Å². The van der Waals surface area contributed by atoms with Gasteiger partial charge in [-0.25, -0.2) is 4.39 Å². The molecular weight excluding hydrogens is 333 g/mol. The Hall–Kier alpha value is -2.34. The Balaban J connectivity index is 1.63. The van der Waals surface area contributed by atoms with Gasteiger partial charge in [-0.1, -0.05) is 11.6 Å². The van der Waals surface area contributed by atoms with E-state index >= 15 is 0 Å². The first kappa shape index (κ1) is 16.5. The number of amides is 1. The molecule has 3 rings (SSSR count). The lowest BCUT2D eigenvalue weighted by atomic mass is 10.0. The van der Waals surface area contributed by atoms with Crippen molar-refractivity contribution in [1.82, 2.24) is 9.88 Å². The Labute approximate surface area is 144 Å². The summed E-state index contributed by atoms with van der Waals surface area (Å²) in [5.74, 6) is -1.43. The quantitative estimate of drug-likeness (QED) is 0.892. The van der Waals surface area contributed by atoms with Crippen LogP contribution in [0.15, 0.2) is 36.7 Å². The van der Waals surface area contributed by atoms with Crippen molar-refractivity contribution in [2.24, 2.45) is 0 Å². The Morgan fingerprint density at radius 1 is 1.38 bits per heavy atom. The van der Waals surface area contributed by atoms with Gasteiger partial charge in [-0.2, -0.15) is 0 Å². The maximum absolute atomic E-state index is 13.5. The lowest BCUT2D eigenvalue weighted by molar-refractivity contribution is 0.0715. The van der Waals surface area contributed by atoms with Crippen molar-refractivity contribution in [3.05, 3.63) is 53.1 Å². The average molecular weight is 350 g/mol. The van der Waals surface area contributed by atoms with Crippen LogP contribution in [0.2, 0.25) is 5.02 Å². The zero-order chi connectivity index (χ0) is 17.1. The van der Waals surface area contributed by atoms with Gasteiger partial charge in [-0.05, 0) is 37.1 Å². The lowest BCUT2D eigenvalue weighted by Gasteiger charge is -2.33. The minimum Gasteiger partial charge on any atom is -0.506 e. The molecule has 126 valence electrons. The van der Waals surface area contributed by atoms with Crippen LogP contribution in [-0.2, 0) is 0 Å². The van der Waals surface area contributed by atoms with Crippen molar-refractivity contribution in [3.8, 4) is 5.75 Å². The van der Waals surface area contributed by atoms with Crippen LogP contribution in [0.5, 0.6) is 5.75 Å². The topological polar surface area (TPSA) is 65.5 Å². The normalized spacial score (nSPS) is 15.3. The highest BCUT2D eigenvalue weighted by molar-refractivity contribution is 6.32. The predicted octanol–water partition coefficient (Wildman–Crippen LogP) is 3.30. The van der Waals surface area contributed by atoms with Gasteiger partial charge in [-0.3, -0.25) is 9.78 Å². The van der Waals surface area contributed by atoms with Crippen molar-refractivity contribution >= 4 is 23.2 Å². The van der Waals surface area contributed by atoms with Crippen LogP contribution in [0.4, 0.5) is 10.1 Å². The highest BCUT2D eigenvalue weighted by Crippen LogP contribution is 2.30. The Morgan fingerprint density at radius 3 is 2.79 bits per heavy atom. The molecule has 2 heterocycles. The number of hydrogen-bond acceptors (Lipinski definition) is 4. The molecule has 7 heteroatoms. The monoisotopic (exact) mass is 349 g/mol. The molecule has 2 aromatic rings. The molecule has 1 aliphatic heterocycles. The Bertz CT molecular complexity index is 734. The number of phenols is 1. The second-order valence-electron chi connectivity index (χ2n) is 5.74. The van der Waals surface area contributed by atoms with E-state index in [0.29, 0.717) is 13.1 Å². The molecule has 1 aliphatic rings. The smallest absolute Gasteiger partial charge is 0.257 e. The van der Waals surface area contributed by atoms with Crippen LogP contribution in [0, 0.1) is 5.82 Å². The third kappa shape index (κ3) is 3.59. The van der Waals surface area contributed by atoms with Gasteiger partial charge in [0.25, 0.3) is 5.91 Å². The van der Waals surface area contributed by atoms with E-state index in [2.05, 4.69) is 10.3 Å². The fraction of sp³-hybridized carbons (Fsp3) is 0.294. The van der Waals surface area contributed by atoms with Gasteiger partial charge in [0.2, 0.25) is 0 Å². The molecule has 1 fully saturated rings. The number of likely N-dealkylation sites (tertiary alicyclic amines) is 1. The number of aromatic hydroxyl groups is 1. The third-order valence-electron chi connectivity index (χ3n) is 4.07. The molecule has 2 N–H and O–H groups in total. The summed E-state index contributed by atoms with van der Waals surface area (Å²) in [6, 6.07) is 6.04. The standard InChI is InChI=1S/C17H17ClFN3O2/c18-15-9-11(19)8-14(16(15)23)17(24)22-6-3-12(4-7-22)21-13-2-1-5-20-10-13/h1-2,5,8-10,12,21,23H,3-4,6-7H2. The van der Waals surface area contributed by atoms with Crippen LogP contribution >= 0.6 is 11.6 Å². The molecule has 0 saturated carbocycles. The largest absolute Gasteiger partial charge is 0.506 e. The van der Waals surface area contributed by atoms with E-state index in [1.807, 2.05) is 12.1 Å². The number of benzene rings is 1. The SMILES string of the molecule is O=C(c1cc(F)cc(Cl)c1O)N1CCC(Nc2cccnc2)CC1. The van der Waals surface area contributed by atoms with Crippen molar-refractivity contribution in [1.29, 1.82) is 0 Å². The summed E-state index contributed by atoms with van der Waals surface area (Å²) >= 11 is 5.74. The molecule has 0 radical (unpaired) electrons. The van der Waals surface area contributed by atoms with Crippen LogP contribution in [0.1, 0.15) is 23.2 Å². The summed E-state index contributed by atoms with van der Waals surface area (Å²) in [5.41, 5.74) is 0.843. The molecule has 0 spiro atoms. The summed E-state index contributed by atoms with van der Waals surface area (Å²) in [4.78, 5) is 18.2. The van der Waals surface area contributed by atoms with E-state index in [-0.39, 0.29) is 22.4 Å². The zero-order valence-electron chi connectivity index (χ0n) is 12.9. The molecule has 0 unspecified atom stereocenters. The van der Waals surface area contributed by atoms with Gasteiger partial charge < -0.3 is 15.3 Å². The molecule has 24 heavy (non-hydrogen) atoms. The minimum atomic E-state index is -0.644. The van der Waals surface area contributed by atoms with Gasteiger partial charge in [0, 0.05) is 31.5 Å². The Morgan fingerprint density at radius 2 is 2.12 bits per heavy atom. The predicted molar refractivity (Wildman–Crippen MR) is 89.9 cm³/mol. The number of rotatable bonds is 3. The van der Waals surface area contributed by atoms with E-state index in [1.165, 1.54) is 0 Å². The van der Waals surface area contributed by atoms with Crippen molar-refractivity contribution in [2.75, 3.05) is 18.4 Å². The highest BCUT2D eigenvalue weighted by atomic mass is 35.5. The number of nitrogens with zero attached hydrogens (tertiary/aromatic N) is 2. The number of hydrogen-bond donors (Lipinski definition) is 2. The van der Waals surface area contributed by atoms with Crippen molar-refractivity contribution in [2.45, 2.75) is 18.9 Å². The third-order valence-corrected chi connectivity index (χ3v) is 4.36. The van der Waals surface area contributed by atoms with Gasteiger partial charge in [-0.15, -0.1) is 0 Å². The van der Waals surface area contributed by atoms with Crippen LogP contribution < -0.4 is 5.32 Å². The number of carbonyl (C=O) groups is 1. The summed E-state index contributed by atoms with van der Waals surface area (Å²) in [6.07, 6.45) is 4.97. The average Bonchev–Trinajstić information content (AvgIpc) is 2.59. The number of nitrogens with one attached hydrogen (secondary N) is 1. The minimum absolute atomic E-state index is 0.0985. The lowest BCUT2D eigenvalue weighted by Crippen LogP contribution is -2.42. The summed E-state index contributed by atoms with van der Waals surface area (Å²) in [7, 11) is 0. The molecule has 1 aromatic heterocycles. The maximum atomic E-state index is 13.5. The van der Waals surface area contributed by atoms with Crippen molar-refractivity contribution in [3.63, 3.8) is 0 Å². The molecule has 5 nitrogen and oxygen atoms in total. The molecule has 0 aliphatic carbocycles. The summed E-state index contributed by atoms with van der Waals surface area (Å²) in [5, 5.41) is 13.1. The number of phenolic OH excluding ortho intramolecular Hbond substituents is 1. The molecular formula is C17H17ClFN3O2. The van der Waals surface area contributed by atoms with E-state index in [1.54, 1.807) is 17.3 Å². The maximum Gasteiger partial charge on any atom is 0.257 e. The second kappa shape index (κ2) is 7.05. The molecule has 0 atom stereocenters. The van der Waals surface area contributed by atoms with E-state index in [0.717, 1.165) is 30.7 Å². The number of halogens is 2. The first-order valence-electron chi connectivity index (χ1n) is 7.68. The van der Waals surface area contributed by atoms with E-state index in [9.17, 15) is 14.3 Å². The van der Waals surface area contributed by atoms with Crippen molar-refractivity contribution < 1.29 is 14.3 Å². The number of piperidine rings is 1. The van der Waals surface area contributed by atoms with E-state index < -0.39 is 11.7 Å². The first-order valence-corrected chi connectivity index (χ1v) is 8.06. The number of aromatic nitrogens is 1. The van der Waals surface area contributed by atoms with Crippen LogP contribution in [-0.4, -0.2) is 40.0 Å². The summed E-state index contributed by atoms with van der Waals surface area (Å²) in [6.45, 7) is 1.04. The number of anilines is 1. The molecule has 1 aromatic carbocycles.